The fourth-order valence-electron chi connectivity index (χ4n) is 2.32. The van der Waals surface area contributed by atoms with Gasteiger partial charge in [0.2, 0.25) is 0 Å². The predicted molar refractivity (Wildman–Crippen MR) is 75.5 cm³/mol. The van der Waals surface area contributed by atoms with E-state index in [-0.39, 0.29) is 5.82 Å². The summed E-state index contributed by atoms with van der Waals surface area (Å²) in [7, 11) is 0. The van der Waals surface area contributed by atoms with Gasteiger partial charge in [-0.2, -0.15) is 0 Å². The van der Waals surface area contributed by atoms with Crippen molar-refractivity contribution < 1.29 is 9.13 Å². The van der Waals surface area contributed by atoms with Gasteiger partial charge in [-0.1, -0.05) is 6.92 Å². The Morgan fingerprint density at radius 3 is 3.00 bits per heavy atom. The van der Waals surface area contributed by atoms with Gasteiger partial charge in [-0.25, -0.2) is 4.39 Å². The molecule has 2 rings (SSSR count). The summed E-state index contributed by atoms with van der Waals surface area (Å²) in [5.74, 6) is -0.212. The third-order valence-electron chi connectivity index (χ3n) is 3.45. The molecule has 1 aromatic rings. The molecule has 2 atom stereocenters. The topological polar surface area (TPSA) is 21.3 Å². The molecule has 0 saturated carbocycles. The summed E-state index contributed by atoms with van der Waals surface area (Å²) >= 11 is 3.23. The molecule has 0 amide bonds. The van der Waals surface area contributed by atoms with E-state index < -0.39 is 0 Å². The van der Waals surface area contributed by atoms with Gasteiger partial charge in [0.1, 0.15) is 5.82 Å². The quantitative estimate of drug-likeness (QED) is 0.899. The van der Waals surface area contributed by atoms with E-state index >= 15 is 0 Å². The molecule has 1 N–H and O–H groups in total. The van der Waals surface area contributed by atoms with Crippen LogP contribution < -0.4 is 5.32 Å². The number of nitrogens with one attached hydrogen (secondary N) is 1. The normalized spacial score (nSPS) is 24.0. The van der Waals surface area contributed by atoms with Gasteiger partial charge in [0.15, 0.2) is 0 Å². The molecule has 1 heterocycles. The Morgan fingerprint density at radius 1 is 1.50 bits per heavy atom. The van der Waals surface area contributed by atoms with E-state index in [0.717, 1.165) is 37.1 Å². The zero-order valence-electron chi connectivity index (χ0n) is 10.8. The number of benzene rings is 1. The van der Waals surface area contributed by atoms with Gasteiger partial charge in [0.25, 0.3) is 0 Å². The van der Waals surface area contributed by atoms with Crippen LogP contribution in [0.15, 0.2) is 16.6 Å². The van der Waals surface area contributed by atoms with E-state index in [1.807, 2.05) is 13.0 Å². The van der Waals surface area contributed by atoms with Crippen LogP contribution in [0.1, 0.15) is 31.7 Å². The highest BCUT2D eigenvalue weighted by Gasteiger charge is 2.21. The Kier molecular flexibility index (Phi) is 4.62. The van der Waals surface area contributed by atoms with Crippen molar-refractivity contribution in [3.8, 4) is 0 Å². The second-order valence-electron chi connectivity index (χ2n) is 4.85. The standard InChI is InChI=1S/C14H19BrFNO/c1-3-11-7-10(4-5-18-11)17-14-8-12(15)13(16)6-9(14)2/h6,8,10-11,17H,3-5,7H2,1-2H3. The Bertz CT molecular complexity index is 425. The van der Waals surface area contributed by atoms with Crippen LogP contribution in [0.3, 0.4) is 0 Å². The summed E-state index contributed by atoms with van der Waals surface area (Å²) in [6.07, 6.45) is 3.42. The number of hydrogen-bond donors (Lipinski definition) is 1. The Morgan fingerprint density at radius 2 is 2.28 bits per heavy atom. The van der Waals surface area contributed by atoms with Crippen molar-refractivity contribution in [3.63, 3.8) is 0 Å². The van der Waals surface area contributed by atoms with Crippen molar-refractivity contribution in [1.29, 1.82) is 0 Å². The van der Waals surface area contributed by atoms with Crippen molar-refractivity contribution in [2.45, 2.75) is 45.3 Å². The predicted octanol–water partition coefficient (Wildman–Crippen LogP) is 4.27. The second-order valence-corrected chi connectivity index (χ2v) is 5.70. The fourth-order valence-corrected chi connectivity index (χ4v) is 2.66. The van der Waals surface area contributed by atoms with Gasteiger partial charge in [0, 0.05) is 18.3 Å². The van der Waals surface area contributed by atoms with Crippen LogP contribution in [0.5, 0.6) is 0 Å². The first kappa shape index (κ1) is 13.8. The van der Waals surface area contributed by atoms with E-state index in [1.165, 1.54) is 0 Å². The third-order valence-corrected chi connectivity index (χ3v) is 4.06. The molecule has 0 bridgehead atoms. The molecule has 1 aromatic carbocycles. The molecule has 2 nitrogen and oxygen atoms in total. The van der Waals surface area contributed by atoms with Crippen molar-refractivity contribution in [2.24, 2.45) is 0 Å². The van der Waals surface area contributed by atoms with E-state index in [0.29, 0.717) is 16.6 Å². The summed E-state index contributed by atoms with van der Waals surface area (Å²) in [5.41, 5.74) is 1.94. The van der Waals surface area contributed by atoms with Gasteiger partial charge in [-0.3, -0.25) is 0 Å². The van der Waals surface area contributed by atoms with Crippen molar-refractivity contribution in [1.82, 2.24) is 0 Å². The summed E-state index contributed by atoms with van der Waals surface area (Å²) in [6.45, 7) is 4.87. The lowest BCUT2D eigenvalue weighted by molar-refractivity contribution is 0.00924. The third kappa shape index (κ3) is 3.23. The van der Waals surface area contributed by atoms with Crippen molar-refractivity contribution in [2.75, 3.05) is 11.9 Å². The second kappa shape index (κ2) is 6.02. The maximum Gasteiger partial charge on any atom is 0.137 e. The number of ether oxygens (including phenoxy) is 1. The van der Waals surface area contributed by atoms with Crippen LogP contribution in [-0.4, -0.2) is 18.8 Å². The molecular weight excluding hydrogens is 297 g/mol. The number of hydrogen-bond acceptors (Lipinski definition) is 2. The van der Waals surface area contributed by atoms with E-state index in [1.54, 1.807) is 6.07 Å². The molecule has 1 aliphatic rings. The van der Waals surface area contributed by atoms with Gasteiger partial charge in [0.05, 0.1) is 10.6 Å². The Labute approximate surface area is 116 Å². The molecular formula is C14H19BrFNO. The van der Waals surface area contributed by atoms with E-state index in [2.05, 4.69) is 28.2 Å². The zero-order valence-corrected chi connectivity index (χ0v) is 12.4. The van der Waals surface area contributed by atoms with Gasteiger partial charge in [-0.05, 0) is 59.8 Å². The summed E-state index contributed by atoms with van der Waals surface area (Å²) in [5, 5.41) is 3.50. The zero-order chi connectivity index (χ0) is 13.1. The molecule has 0 aliphatic carbocycles. The summed E-state index contributed by atoms with van der Waals surface area (Å²) < 4.78 is 19.5. The molecule has 18 heavy (non-hydrogen) atoms. The first-order chi connectivity index (χ1) is 8.60. The molecule has 0 aromatic heterocycles. The molecule has 0 spiro atoms. The minimum atomic E-state index is -0.212. The molecule has 1 saturated heterocycles. The number of anilines is 1. The molecule has 4 heteroatoms. The van der Waals surface area contributed by atoms with Crippen LogP contribution >= 0.6 is 15.9 Å². The lowest BCUT2D eigenvalue weighted by Crippen LogP contribution is -2.33. The lowest BCUT2D eigenvalue weighted by atomic mass is 10.0. The molecule has 100 valence electrons. The number of aryl methyl sites for hydroxylation is 1. The van der Waals surface area contributed by atoms with Gasteiger partial charge >= 0.3 is 0 Å². The average molecular weight is 316 g/mol. The van der Waals surface area contributed by atoms with Crippen LogP contribution in [0.2, 0.25) is 0 Å². The maximum absolute atomic E-state index is 13.4. The van der Waals surface area contributed by atoms with Gasteiger partial charge in [-0.15, -0.1) is 0 Å². The minimum absolute atomic E-state index is 0.212. The highest BCUT2D eigenvalue weighted by molar-refractivity contribution is 9.10. The fraction of sp³-hybridized carbons (Fsp3) is 0.571. The molecule has 2 unspecified atom stereocenters. The highest BCUT2D eigenvalue weighted by Crippen LogP contribution is 2.27. The van der Waals surface area contributed by atoms with Crippen molar-refractivity contribution in [3.05, 3.63) is 28.0 Å². The lowest BCUT2D eigenvalue weighted by Gasteiger charge is -2.30. The smallest absolute Gasteiger partial charge is 0.137 e. The molecule has 1 fully saturated rings. The first-order valence-corrected chi connectivity index (χ1v) is 7.23. The van der Waals surface area contributed by atoms with E-state index in [4.69, 9.17) is 4.74 Å². The van der Waals surface area contributed by atoms with Crippen LogP contribution in [0, 0.1) is 12.7 Å². The van der Waals surface area contributed by atoms with Crippen LogP contribution in [0.4, 0.5) is 10.1 Å². The minimum Gasteiger partial charge on any atom is -0.382 e. The SMILES string of the molecule is CCC1CC(Nc2cc(Br)c(F)cc2C)CCO1. The average Bonchev–Trinajstić information content (AvgIpc) is 2.36. The molecule has 0 radical (unpaired) electrons. The summed E-state index contributed by atoms with van der Waals surface area (Å²) in [6, 6.07) is 3.80. The Hall–Kier alpha value is -0.610. The summed E-state index contributed by atoms with van der Waals surface area (Å²) in [4.78, 5) is 0. The van der Waals surface area contributed by atoms with Gasteiger partial charge < -0.3 is 10.1 Å². The largest absolute Gasteiger partial charge is 0.382 e. The van der Waals surface area contributed by atoms with E-state index in [9.17, 15) is 4.39 Å². The Balaban J connectivity index is 2.07. The van der Waals surface area contributed by atoms with Crippen molar-refractivity contribution >= 4 is 21.6 Å². The number of halogens is 2. The number of rotatable bonds is 3. The monoisotopic (exact) mass is 315 g/mol. The first-order valence-electron chi connectivity index (χ1n) is 6.44. The molecule has 1 aliphatic heterocycles. The highest BCUT2D eigenvalue weighted by atomic mass is 79.9. The van der Waals surface area contributed by atoms with Crippen LogP contribution in [0.25, 0.3) is 0 Å². The maximum atomic E-state index is 13.4. The van der Waals surface area contributed by atoms with Crippen LogP contribution in [-0.2, 0) is 4.74 Å².